The van der Waals surface area contributed by atoms with Crippen LogP contribution in [0.25, 0.3) is 0 Å². The Labute approximate surface area is 82.3 Å². The van der Waals surface area contributed by atoms with Crippen molar-refractivity contribution in [3.63, 3.8) is 0 Å². The standard InChI is InChI=1S/C8H12ClN3O/c1-10-5-7-8(13-2)12-6(3-9)4-11-7/h4-5,11-12H,3H2,1-2H3. The molecule has 0 spiro atoms. The average Bonchev–Trinajstić information content (AvgIpc) is 2.19. The summed E-state index contributed by atoms with van der Waals surface area (Å²) < 4.78 is 5.10. The van der Waals surface area contributed by atoms with Gasteiger partial charge < -0.3 is 15.4 Å². The van der Waals surface area contributed by atoms with Crippen molar-refractivity contribution in [1.82, 2.24) is 10.6 Å². The number of rotatable bonds is 3. The highest BCUT2D eigenvalue weighted by Crippen LogP contribution is 2.07. The smallest absolute Gasteiger partial charge is 0.216 e. The first-order valence-corrected chi connectivity index (χ1v) is 4.34. The number of nitrogens with zero attached hydrogens (tertiary/aromatic N) is 1. The van der Waals surface area contributed by atoms with E-state index in [0.717, 1.165) is 11.4 Å². The summed E-state index contributed by atoms with van der Waals surface area (Å²) in [7, 11) is 3.29. The number of nitrogens with one attached hydrogen (secondary N) is 2. The van der Waals surface area contributed by atoms with Crippen LogP contribution in [0.2, 0.25) is 0 Å². The number of methoxy groups -OCH3 is 1. The van der Waals surface area contributed by atoms with E-state index >= 15 is 0 Å². The van der Waals surface area contributed by atoms with Gasteiger partial charge >= 0.3 is 0 Å². The molecule has 2 N–H and O–H groups in total. The quantitative estimate of drug-likeness (QED) is 0.524. The molecular formula is C8H12ClN3O. The maximum atomic E-state index is 5.64. The summed E-state index contributed by atoms with van der Waals surface area (Å²) in [6.07, 6.45) is 3.46. The van der Waals surface area contributed by atoms with E-state index in [2.05, 4.69) is 15.6 Å². The zero-order valence-corrected chi connectivity index (χ0v) is 8.35. The van der Waals surface area contributed by atoms with E-state index in [1.54, 1.807) is 26.6 Å². The van der Waals surface area contributed by atoms with Gasteiger partial charge in [-0.15, -0.1) is 11.6 Å². The van der Waals surface area contributed by atoms with Crippen molar-refractivity contribution in [2.45, 2.75) is 0 Å². The zero-order chi connectivity index (χ0) is 9.68. The third-order valence-electron chi connectivity index (χ3n) is 1.53. The zero-order valence-electron chi connectivity index (χ0n) is 7.60. The molecular weight excluding hydrogens is 190 g/mol. The number of hydrogen-bond donors (Lipinski definition) is 2. The van der Waals surface area contributed by atoms with E-state index in [-0.39, 0.29) is 0 Å². The van der Waals surface area contributed by atoms with Crippen molar-refractivity contribution < 1.29 is 4.74 Å². The van der Waals surface area contributed by atoms with Gasteiger partial charge in [-0.3, -0.25) is 4.99 Å². The van der Waals surface area contributed by atoms with E-state index in [1.807, 2.05) is 0 Å². The molecule has 0 bridgehead atoms. The van der Waals surface area contributed by atoms with Crippen LogP contribution < -0.4 is 10.6 Å². The summed E-state index contributed by atoms with van der Waals surface area (Å²) >= 11 is 5.64. The van der Waals surface area contributed by atoms with Gasteiger partial charge in [0, 0.05) is 25.2 Å². The highest BCUT2D eigenvalue weighted by atomic mass is 35.5. The maximum absolute atomic E-state index is 5.64. The van der Waals surface area contributed by atoms with Crippen LogP contribution in [0.3, 0.4) is 0 Å². The Morgan fingerprint density at radius 3 is 3.00 bits per heavy atom. The van der Waals surface area contributed by atoms with Crippen LogP contribution in [0.4, 0.5) is 0 Å². The molecule has 0 aromatic rings. The summed E-state index contributed by atoms with van der Waals surface area (Å²) in [6, 6.07) is 0. The van der Waals surface area contributed by atoms with Gasteiger partial charge in [0.1, 0.15) is 5.70 Å². The van der Waals surface area contributed by atoms with Crippen LogP contribution in [-0.2, 0) is 4.74 Å². The summed E-state index contributed by atoms with van der Waals surface area (Å²) in [6.45, 7) is 0. The largest absolute Gasteiger partial charge is 0.481 e. The number of halogens is 1. The molecule has 1 heterocycles. The van der Waals surface area contributed by atoms with Crippen LogP contribution in [-0.4, -0.2) is 26.3 Å². The number of aliphatic imine (C=N–C) groups is 1. The van der Waals surface area contributed by atoms with Crippen molar-refractivity contribution in [3.05, 3.63) is 23.5 Å². The minimum Gasteiger partial charge on any atom is -0.481 e. The molecule has 0 saturated carbocycles. The first-order chi connectivity index (χ1) is 6.31. The van der Waals surface area contributed by atoms with Gasteiger partial charge in [-0.1, -0.05) is 0 Å². The number of alkyl halides is 1. The topological polar surface area (TPSA) is 45.6 Å². The molecule has 0 fully saturated rings. The number of hydrogen-bond acceptors (Lipinski definition) is 4. The summed E-state index contributed by atoms with van der Waals surface area (Å²) in [5.74, 6) is 1.04. The second kappa shape index (κ2) is 4.77. The third kappa shape index (κ3) is 2.39. The van der Waals surface area contributed by atoms with E-state index < -0.39 is 0 Å². The van der Waals surface area contributed by atoms with Crippen molar-refractivity contribution >= 4 is 17.8 Å². The molecule has 5 heteroatoms. The fourth-order valence-electron chi connectivity index (χ4n) is 0.938. The Hall–Kier alpha value is -1.16. The highest BCUT2D eigenvalue weighted by molar-refractivity contribution is 6.19. The molecule has 13 heavy (non-hydrogen) atoms. The molecule has 1 rings (SSSR count). The highest BCUT2D eigenvalue weighted by Gasteiger charge is 2.11. The van der Waals surface area contributed by atoms with Gasteiger partial charge in [0.15, 0.2) is 0 Å². The fraction of sp³-hybridized carbons (Fsp3) is 0.375. The fourth-order valence-corrected chi connectivity index (χ4v) is 1.08. The lowest BCUT2D eigenvalue weighted by molar-refractivity contribution is 0.262. The molecule has 0 aromatic heterocycles. The van der Waals surface area contributed by atoms with Crippen molar-refractivity contribution in [2.24, 2.45) is 4.99 Å². The van der Waals surface area contributed by atoms with Gasteiger partial charge in [0.05, 0.1) is 13.0 Å². The summed E-state index contributed by atoms with van der Waals surface area (Å²) in [5.41, 5.74) is 1.66. The molecule has 0 unspecified atom stereocenters. The van der Waals surface area contributed by atoms with Gasteiger partial charge in [-0.25, -0.2) is 0 Å². The third-order valence-corrected chi connectivity index (χ3v) is 1.81. The average molecular weight is 202 g/mol. The Morgan fingerprint density at radius 1 is 1.69 bits per heavy atom. The van der Waals surface area contributed by atoms with Crippen molar-refractivity contribution in [1.29, 1.82) is 0 Å². The lowest BCUT2D eigenvalue weighted by atomic mass is 10.3. The molecule has 1 aliphatic rings. The molecule has 0 saturated heterocycles. The van der Waals surface area contributed by atoms with Gasteiger partial charge in [0.25, 0.3) is 0 Å². The van der Waals surface area contributed by atoms with E-state index in [9.17, 15) is 0 Å². The molecule has 0 atom stereocenters. The van der Waals surface area contributed by atoms with E-state index in [0.29, 0.717) is 11.8 Å². The molecule has 72 valence electrons. The maximum Gasteiger partial charge on any atom is 0.216 e. The second-order valence-corrected chi connectivity index (χ2v) is 2.67. The summed E-state index contributed by atoms with van der Waals surface area (Å²) in [4.78, 5) is 3.88. The minimum absolute atomic E-state index is 0.413. The molecule has 0 amide bonds. The second-order valence-electron chi connectivity index (χ2n) is 2.41. The molecule has 4 nitrogen and oxygen atoms in total. The normalized spacial score (nSPS) is 16.7. The minimum atomic E-state index is 0.413. The molecule has 0 aromatic carbocycles. The van der Waals surface area contributed by atoms with Crippen molar-refractivity contribution in [2.75, 3.05) is 20.0 Å². The molecule has 0 radical (unpaired) electrons. The van der Waals surface area contributed by atoms with Crippen LogP contribution in [0.15, 0.2) is 28.5 Å². The Bertz CT molecular complexity index is 271. The Balaban J connectivity index is 2.77. The number of ether oxygens (including phenoxy) is 1. The monoisotopic (exact) mass is 201 g/mol. The van der Waals surface area contributed by atoms with Crippen LogP contribution >= 0.6 is 11.6 Å². The van der Waals surface area contributed by atoms with Crippen LogP contribution in [0.1, 0.15) is 0 Å². The Morgan fingerprint density at radius 2 is 2.46 bits per heavy atom. The first-order valence-electron chi connectivity index (χ1n) is 3.80. The van der Waals surface area contributed by atoms with Gasteiger partial charge in [-0.2, -0.15) is 0 Å². The van der Waals surface area contributed by atoms with Gasteiger partial charge in [0.2, 0.25) is 5.88 Å². The van der Waals surface area contributed by atoms with Crippen LogP contribution in [0.5, 0.6) is 0 Å². The lowest BCUT2D eigenvalue weighted by Crippen LogP contribution is -2.28. The van der Waals surface area contributed by atoms with E-state index in [4.69, 9.17) is 16.3 Å². The molecule has 0 aliphatic carbocycles. The lowest BCUT2D eigenvalue weighted by Gasteiger charge is -2.19. The van der Waals surface area contributed by atoms with Gasteiger partial charge in [-0.05, 0) is 0 Å². The number of allylic oxidation sites excluding steroid dienone is 2. The van der Waals surface area contributed by atoms with E-state index in [1.165, 1.54) is 0 Å². The summed E-state index contributed by atoms with van der Waals surface area (Å²) in [5, 5.41) is 6.04. The predicted octanol–water partition coefficient (Wildman–Crippen LogP) is 0.775. The van der Waals surface area contributed by atoms with Crippen molar-refractivity contribution in [3.8, 4) is 0 Å². The predicted molar refractivity (Wildman–Crippen MR) is 53.5 cm³/mol. The van der Waals surface area contributed by atoms with Crippen LogP contribution in [0, 0.1) is 0 Å². The SMILES string of the molecule is CN=CC1=C(OC)NC(CCl)=CN1. The molecule has 1 aliphatic heterocycles. The first kappa shape index (κ1) is 9.92. The Kier molecular flexibility index (Phi) is 3.64.